The minimum Gasteiger partial charge on any atom is -0.455 e. The Hall–Kier alpha value is -3.49. The van der Waals surface area contributed by atoms with Gasteiger partial charge in [-0.05, 0) is 43.3 Å². The smallest absolute Gasteiger partial charge is 0.338 e. The van der Waals surface area contributed by atoms with E-state index in [-0.39, 0.29) is 11.1 Å². The second-order valence-electron chi connectivity index (χ2n) is 7.32. The SMILES string of the molecule is C[C@H](OC(=O)c1ccccc1)[C@@H](OC(=O)c1ccccc1)C(OC(=O)c1ccccc1)[C@@H](O)Br. The van der Waals surface area contributed by atoms with Gasteiger partial charge in [-0.1, -0.05) is 70.5 Å². The molecular formula is C26H23BrO7. The van der Waals surface area contributed by atoms with Crippen LogP contribution in [0.5, 0.6) is 0 Å². The van der Waals surface area contributed by atoms with Crippen LogP contribution in [0, 0.1) is 0 Å². The Kier molecular flexibility index (Phi) is 8.95. The first kappa shape index (κ1) is 25.1. The van der Waals surface area contributed by atoms with Crippen molar-refractivity contribution in [1.29, 1.82) is 0 Å². The largest absolute Gasteiger partial charge is 0.455 e. The molecule has 3 aromatic rings. The minimum atomic E-state index is -1.42. The van der Waals surface area contributed by atoms with Crippen LogP contribution in [-0.2, 0) is 14.2 Å². The molecule has 0 saturated heterocycles. The molecule has 0 aliphatic heterocycles. The number of hydrogen-bond acceptors (Lipinski definition) is 7. The Labute approximate surface area is 205 Å². The summed E-state index contributed by atoms with van der Waals surface area (Å²) in [6.45, 7) is 1.49. The maximum atomic E-state index is 12.8. The maximum absolute atomic E-state index is 12.8. The molecule has 4 atom stereocenters. The number of halogens is 1. The molecule has 7 nitrogen and oxygen atoms in total. The quantitative estimate of drug-likeness (QED) is 0.250. The normalized spacial score (nSPS) is 14.2. The van der Waals surface area contributed by atoms with Crippen LogP contribution in [0.4, 0.5) is 0 Å². The Balaban J connectivity index is 1.86. The van der Waals surface area contributed by atoms with E-state index >= 15 is 0 Å². The zero-order valence-electron chi connectivity index (χ0n) is 18.2. The number of aliphatic hydroxyl groups excluding tert-OH is 1. The molecule has 0 bridgehead atoms. The predicted molar refractivity (Wildman–Crippen MR) is 128 cm³/mol. The van der Waals surface area contributed by atoms with E-state index in [1.54, 1.807) is 91.0 Å². The van der Waals surface area contributed by atoms with Crippen molar-refractivity contribution in [3.8, 4) is 0 Å². The van der Waals surface area contributed by atoms with E-state index in [0.29, 0.717) is 5.56 Å². The van der Waals surface area contributed by atoms with E-state index in [0.717, 1.165) is 0 Å². The minimum absolute atomic E-state index is 0.239. The van der Waals surface area contributed by atoms with E-state index in [1.807, 2.05) is 0 Å². The van der Waals surface area contributed by atoms with Gasteiger partial charge in [0, 0.05) is 0 Å². The summed E-state index contributed by atoms with van der Waals surface area (Å²) in [4.78, 5) is 38.1. The van der Waals surface area contributed by atoms with Gasteiger partial charge >= 0.3 is 17.9 Å². The number of benzene rings is 3. The van der Waals surface area contributed by atoms with Crippen LogP contribution in [0.1, 0.15) is 38.0 Å². The summed E-state index contributed by atoms with van der Waals surface area (Å²) in [5.74, 6) is -2.14. The highest BCUT2D eigenvalue weighted by atomic mass is 79.9. The van der Waals surface area contributed by atoms with Gasteiger partial charge in [0.05, 0.1) is 16.7 Å². The van der Waals surface area contributed by atoms with E-state index < -0.39 is 41.2 Å². The molecule has 8 heteroatoms. The molecule has 3 aromatic carbocycles. The molecule has 0 spiro atoms. The van der Waals surface area contributed by atoms with Gasteiger partial charge in [0.1, 0.15) is 11.1 Å². The second kappa shape index (κ2) is 12.1. The number of aliphatic hydroxyl groups is 1. The number of carbonyl (C=O) groups excluding carboxylic acids is 3. The first-order chi connectivity index (χ1) is 16.4. The summed E-state index contributed by atoms with van der Waals surface area (Å²) in [5, 5.41) is 8.95. The lowest BCUT2D eigenvalue weighted by molar-refractivity contribution is -0.0995. The predicted octanol–water partition coefficient (Wildman–Crippen LogP) is 4.40. The molecule has 0 aliphatic carbocycles. The fraction of sp³-hybridized carbons (Fsp3) is 0.192. The van der Waals surface area contributed by atoms with Gasteiger partial charge < -0.3 is 19.3 Å². The lowest BCUT2D eigenvalue weighted by Gasteiger charge is -2.31. The summed E-state index contributed by atoms with van der Waals surface area (Å²) < 4.78 is 16.6. The van der Waals surface area contributed by atoms with E-state index in [1.165, 1.54) is 6.92 Å². The van der Waals surface area contributed by atoms with Crippen LogP contribution in [0.25, 0.3) is 0 Å². The van der Waals surface area contributed by atoms with Gasteiger partial charge in [-0.25, -0.2) is 14.4 Å². The highest BCUT2D eigenvalue weighted by Crippen LogP contribution is 2.23. The third-order valence-electron chi connectivity index (χ3n) is 4.87. The topological polar surface area (TPSA) is 99.1 Å². The van der Waals surface area contributed by atoms with Crippen LogP contribution >= 0.6 is 15.9 Å². The zero-order chi connectivity index (χ0) is 24.5. The molecule has 3 rings (SSSR count). The fourth-order valence-corrected chi connectivity index (χ4v) is 3.53. The third kappa shape index (κ3) is 6.76. The molecule has 34 heavy (non-hydrogen) atoms. The van der Waals surface area contributed by atoms with Gasteiger partial charge in [-0.2, -0.15) is 0 Å². The highest BCUT2D eigenvalue weighted by Gasteiger charge is 2.40. The van der Waals surface area contributed by atoms with E-state index in [4.69, 9.17) is 14.2 Å². The van der Waals surface area contributed by atoms with E-state index in [2.05, 4.69) is 15.9 Å². The Morgan fingerprint density at radius 1 is 0.618 bits per heavy atom. The van der Waals surface area contributed by atoms with Crippen molar-refractivity contribution in [2.24, 2.45) is 0 Å². The number of ether oxygens (including phenoxy) is 3. The Morgan fingerprint density at radius 2 is 0.941 bits per heavy atom. The van der Waals surface area contributed by atoms with Crippen molar-refractivity contribution in [3.05, 3.63) is 108 Å². The van der Waals surface area contributed by atoms with Crippen molar-refractivity contribution in [2.75, 3.05) is 0 Å². The standard InChI is InChI=1S/C26H23BrO7/c1-17(32-24(29)18-11-5-2-6-12-18)21(33-25(30)19-13-7-3-8-14-19)22(23(27)28)34-26(31)20-15-9-4-10-16-20/h2-17,21-23,28H,1H3/t17-,21+,22?,23+/m0/s1. The first-order valence-electron chi connectivity index (χ1n) is 10.5. The first-order valence-corrected chi connectivity index (χ1v) is 11.4. The average molecular weight is 527 g/mol. The zero-order valence-corrected chi connectivity index (χ0v) is 19.8. The van der Waals surface area contributed by atoms with Crippen molar-refractivity contribution in [1.82, 2.24) is 0 Å². The van der Waals surface area contributed by atoms with Crippen LogP contribution in [0.15, 0.2) is 91.0 Å². The van der Waals surface area contributed by atoms with Crippen molar-refractivity contribution >= 4 is 33.8 Å². The maximum Gasteiger partial charge on any atom is 0.338 e. The van der Waals surface area contributed by atoms with Crippen molar-refractivity contribution in [2.45, 2.75) is 30.2 Å². The summed E-state index contributed by atoms with van der Waals surface area (Å²) in [5.41, 5.74) is 0.772. The average Bonchev–Trinajstić information content (AvgIpc) is 2.87. The molecular weight excluding hydrogens is 504 g/mol. The molecule has 1 unspecified atom stereocenters. The van der Waals surface area contributed by atoms with Gasteiger partial charge in [-0.3, -0.25) is 0 Å². The number of rotatable bonds is 9. The van der Waals surface area contributed by atoms with Gasteiger partial charge in [0.15, 0.2) is 12.2 Å². The molecule has 0 aromatic heterocycles. The Morgan fingerprint density at radius 3 is 1.29 bits per heavy atom. The molecule has 176 valence electrons. The lowest BCUT2D eigenvalue weighted by Crippen LogP contribution is -2.48. The van der Waals surface area contributed by atoms with Crippen LogP contribution in [0.3, 0.4) is 0 Å². The highest BCUT2D eigenvalue weighted by molar-refractivity contribution is 9.09. The molecule has 0 saturated carbocycles. The van der Waals surface area contributed by atoms with Crippen LogP contribution in [-0.4, -0.2) is 46.3 Å². The molecule has 0 heterocycles. The second-order valence-corrected chi connectivity index (χ2v) is 8.26. The molecule has 0 aliphatic rings. The molecule has 1 N–H and O–H groups in total. The number of hydrogen-bond donors (Lipinski definition) is 1. The summed E-state index contributed by atoms with van der Waals surface area (Å²) in [6, 6.07) is 24.6. The number of alkyl halides is 1. The lowest BCUT2D eigenvalue weighted by atomic mass is 10.1. The summed E-state index contributed by atoms with van der Waals surface area (Å²) >= 11 is 3.01. The van der Waals surface area contributed by atoms with E-state index in [9.17, 15) is 19.5 Å². The van der Waals surface area contributed by atoms with Gasteiger partial charge in [0.25, 0.3) is 0 Å². The van der Waals surface area contributed by atoms with Gasteiger partial charge in [0.2, 0.25) is 0 Å². The van der Waals surface area contributed by atoms with Crippen molar-refractivity contribution in [3.63, 3.8) is 0 Å². The van der Waals surface area contributed by atoms with Crippen LogP contribution in [0.2, 0.25) is 0 Å². The monoisotopic (exact) mass is 526 g/mol. The third-order valence-corrected chi connectivity index (χ3v) is 5.39. The number of esters is 3. The van der Waals surface area contributed by atoms with Crippen LogP contribution < -0.4 is 0 Å². The summed E-state index contributed by atoms with van der Waals surface area (Å²) in [6.07, 6.45) is -3.80. The van der Waals surface area contributed by atoms with Crippen molar-refractivity contribution < 1.29 is 33.7 Å². The Bertz CT molecular complexity index is 1090. The molecule has 0 fully saturated rings. The summed E-state index contributed by atoms with van der Waals surface area (Å²) in [7, 11) is 0. The molecule has 0 amide bonds. The van der Waals surface area contributed by atoms with Gasteiger partial charge in [-0.15, -0.1) is 0 Å². The fourth-order valence-electron chi connectivity index (χ4n) is 3.12. The number of carbonyl (C=O) groups is 3. The molecule has 0 radical (unpaired) electrons.